The van der Waals surface area contributed by atoms with Crippen LogP contribution in [0.4, 0.5) is 0 Å². The fraction of sp³-hybridized carbons (Fsp3) is 0.882. The smallest absolute Gasteiger partial charge is 0 e. The first-order valence-electron chi connectivity index (χ1n) is 7.55. The van der Waals surface area contributed by atoms with E-state index in [0.717, 1.165) is 47.3 Å². The van der Waals surface area contributed by atoms with Gasteiger partial charge in [-0.25, -0.2) is 0 Å². The molecule has 0 aromatic rings. The molecule has 2 fully saturated rings. The summed E-state index contributed by atoms with van der Waals surface area (Å²) in [5.41, 5.74) is 0.529. The van der Waals surface area contributed by atoms with Gasteiger partial charge in [0.1, 0.15) is 0 Å². The van der Waals surface area contributed by atoms with Crippen LogP contribution >= 0.6 is 0 Å². The van der Waals surface area contributed by atoms with Crippen molar-refractivity contribution in [2.75, 3.05) is 0 Å². The van der Waals surface area contributed by atoms with Gasteiger partial charge in [0.25, 0.3) is 0 Å². The third-order valence-electron chi connectivity index (χ3n) is 7.22. The van der Waals surface area contributed by atoms with E-state index in [-0.39, 0.29) is 18.6 Å². The SMILES string of the molecule is CC1C(C)C(C)C2C(C1C)C1C=CC2C1(C)C.[V]. The number of fused-ring (bicyclic) bond motifs is 5. The van der Waals surface area contributed by atoms with Crippen LogP contribution in [-0.2, 0) is 18.6 Å². The molecule has 0 nitrogen and oxygen atoms in total. The maximum Gasteiger partial charge on any atom is 0 e. The first kappa shape index (κ1) is 14.7. The summed E-state index contributed by atoms with van der Waals surface area (Å²) in [6.07, 6.45) is 5.11. The summed E-state index contributed by atoms with van der Waals surface area (Å²) < 4.78 is 0. The Morgan fingerprint density at radius 3 is 1.33 bits per heavy atom. The summed E-state index contributed by atoms with van der Waals surface area (Å²) in [7, 11) is 0. The Labute approximate surface area is 125 Å². The van der Waals surface area contributed by atoms with Gasteiger partial charge in [-0.1, -0.05) is 53.7 Å². The third kappa shape index (κ3) is 1.58. The van der Waals surface area contributed by atoms with Crippen LogP contribution < -0.4 is 0 Å². The molecule has 3 aliphatic rings. The van der Waals surface area contributed by atoms with Crippen molar-refractivity contribution in [3.05, 3.63) is 12.2 Å². The first-order valence-corrected chi connectivity index (χ1v) is 7.55. The molecular formula is C17H28V. The summed E-state index contributed by atoms with van der Waals surface area (Å²) in [5, 5.41) is 0. The second-order valence-electron chi connectivity index (χ2n) is 7.85. The average Bonchev–Trinajstić information content (AvgIpc) is 2.70. The van der Waals surface area contributed by atoms with Crippen LogP contribution in [0.3, 0.4) is 0 Å². The molecule has 101 valence electrons. The largest absolute Gasteiger partial charge is 0.0843 e. The summed E-state index contributed by atoms with van der Waals surface area (Å²) in [6.45, 7) is 15.0. The minimum atomic E-state index is 0. The van der Waals surface area contributed by atoms with E-state index in [1.54, 1.807) is 0 Å². The van der Waals surface area contributed by atoms with Gasteiger partial charge in [0, 0.05) is 18.6 Å². The Morgan fingerprint density at radius 1 is 0.667 bits per heavy atom. The second-order valence-corrected chi connectivity index (χ2v) is 7.85. The molecule has 0 aromatic heterocycles. The van der Waals surface area contributed by atoms with Crippen LogP contribution in [0.1, 0.15) is 41.5 Å². The summed E-state index contributed by atoms with van der Waals surface area (Å²) in [6, 6.07) is 0. The molecule has 18 heavy (non-hydrogen) atoms. The monoisotopic (exact) mass is 283 g/mol. The Hall–Kier alpha value is 0.324. The van der Waals surface area contributed by atoms with Crippen LogP contribution in [0.25, 0.3) is 0 Å². The van der Waals surface area contributed by atoms with Crippen molar-refractivity contribution in [2.45, 2.75) is 41.5 Å². The van der Waals surface area contributed by atoms with Gasteiger partial charge in [-0.05, 0) is 52.8 Å². The normalized spacial score (nSPS) is 56.1. The minimum Gasteiger partial charge on any atom is -0.0843 e. The van der Waals surface area contributed by atoms with E-state index in [0.29, 0.717) is 5.41 Å². The van der Waals surface area contributed by atoms with Crippen LogP contribution in [0.15, 0.2) is 12.2 Å². The molecule has 2 bridgehead atoms. The summed E-state index contributed by atoms with van der Waals surface area (Å²) >= 11 is 0. The van der Waals surface area contributed by atoms with Crippen LogP contribution in [0.2, 0.25) is 0 Å². The zero-order valence-electron chi connectivity index (χ0n) is 12.7. The number of hydrogen-bond acceptors (Lipinski definition) is 0. The molecule has 0 heterocycles. The summed E-state index contributed by atoms with van der Waals surface area (Å²) in [4.78, 5) is 0. The standard InChI is InChI=1S/C17H28.V/c1-9-10(2)12(4)16-14-8-7-13(17(14,5)6)15(16)11(9)3;/h7-16H,1-6H3;. The molecule has 0 aliphatic heterocycles. The molecule has 8 atom stereocenters. The minimum absolute atomic E-state index is 0. The molecule has 1 radical (unpaired) electrons. The molecule has 0 aromatic carbocycles. The van der Waals surface area contributed by atoms with Crippen LogP contribution in [0, 0.1) is 52.8 Å². The van der Waals surface area contributed by atoms with Crippen molar-refractivity contribution in [2.24, 2.45) is 52.8 Å². The Morgan fingerprint density at radius 2 is 1.00 bits per heavy atom. The molecule has 1 heteroatoms. The molecule has 0 N–H and O–H groups in total. The van der Waals surface area contributed by atoms with Crippen LogP contribution in [0.5, 0.6) is 0 Å². The number of allylic oxidation sites excluding steroid dienone is 2. The van der Waals surface area contributed by atoms with Gasteiger partial charge >= 0.3 is 0 Å². The van der Waals surface area contributed by atoms with Gasteiger partial charge in [0.2, 0.25) is 0 Å². The molecular weight excluding hydrogens is 255 g/mol. The van der Waals surface area contributed by atoms with E-state index >= 15 is 0 Å². The topological polar surface area (TPSA) is 0 Å². The molecule has 0 amide bonds. The number of hydrogen-bond donors (Lipinski definition) is 0. The fourth-order valence-corrected chi connectivity index (χ4v) is 5.70. The fourth-order valence-electron chi connectivity index (χ4n) is 5.70. The van der Waals surface area contributed by atoms with E-state index in [2.05, 4.69) is 53.7 Å². The molecule has 3 rings (SSSR count). The average molecular weight is 283 g/mol. The Kier molecular flexibility index (Phi) is 3.62. The maximum absolute atomic E-state index is 2.55. The van der Waals surface area contributed by atoms with Gasteiger partial charge in [0.05, 0.1) is 0 Å². The molecule has 2 saturated carbocycles. The van der Waals surface area contributed by atoms with Gasteiger partial charge < -0.3 is 0 Å². The zero-order valence-corrected chi connectivity index (χ0v) is 14.1. The molecule has 8 unspecified atom stereocenters. The first-order chi connectivity index (χ1) is 7.87. The van der Waals surface area contributed by atoms with E-state index in [4.69, 9.17) is 0 Å². The third-order valence-corrected chi connectivity index (χ3v) is 7.22. The van der Waals surface area contributed by atoms with Crippen LogP contribution in [-0.4, -0.2) is 0 Å². The van der Waals surface area contributed by atoms with E-state index < -0.39 is 0 Å². The predicted molar refractivity (Wildman–Crippen MR) is 73.5 cm³/mol. The number of rotatable bonds is 0. The second kappa shape index (κ2) is 4.42. The van der Waals surface area contributed by atoms with Crippen molar-refractivity contribution in [3.8, 4) is 0 Å². The van der Waals surface area contributed by atoms with Gasteiger partial charge in [-0.2, -0.15) is 0 Å². The van der Waals surface area contributed by atoms with Gasteiger partial charge in [-0.15, -0.1) is 0 Å². The van der Waals surface area contributed by atoms with Gasteiger partial charge in [0.15, 0.2) is 0 Å². The molecule has 3 aliphatic carbocycles. The summed E-state index contributed by atoms with van der Waals surface area (Å²) in [5.74, 6) is 7.23. The quantitative estimate of drug-likeness (QED) is 0.569. The van der Waals surface area contributed by atoms with E-state index in [9.17, 15) is 0 Å². The zero-order chi connectivity index (χ0) is 12.5. The predicted octanol–water partition coefficient (Wildman–Crippen LogP) is 4.62. The van der Waals surface area contributed by atoms with Crippen molar-refractivity contribution in [1.82, 2.24) is 0 Å². The van der Waals surface area contributed by atoms with Crippen molar-refractivity contribution in [1.29, 1.82) is 0 Å². The van der Waals surface area contributed by atoms with E-state index in [1.807, 2.05) is 0 Å². The maximum atomic E-state index is 2.55. The van der Waals surface area contributed by atoms with Crippen molar-refractivity contribution < 1.29 is 18.6 Å². The molecule has 0 saturated heterocycles. The Bertz CT molecular complexity index is 325. The van der Waals surface area contributed by atoms with E-state index in [1.165, 1.54) is 0 Å². The van der Waals surface area contributed by atoms with Gasteiger partial charge in [-0.3, -0.25) is 0 Å². The van der Waals surface area contributed by atoms with Crippen molar-refractivity contribution in [3.63, 3.8) is 0 Å². The Balaban J connectivity index is 0.00000120. The molecule has 0 spiro atoms. The van der Waals surface area contributed by atoms with Crippen molar-refractivity contribution >= 4 is 0 Å².